The summed E-state index contributed by atoms with van der Waals surface area (Å²) in [5, 5.41) is 6.05. The van der Waals surface area contributed by atoms with Crippen molar-refractivity contribution in [1.29, 1.82) is 0 Å². The van der Waals surface area contributed by atoms with Crippen LogP contribution < -0.4 is 5.32 Å². The molecule has 0 saturated heterocycles. The van der Waals surface area contributed by atoms with E-state index in [9.17, 15) is 18.0 Å². The van der Waals surface area contributed by atoms with Gasteiger partial charge in [-0.3, -0.25) is 9.48 Å². The van der Waals surface area contributed by atoms with Crippen molar-refractivity contribution in [3.05, 3.63) is 47.3 Å². The molecule has 1 aromatic heterocycles. The third kappa shape index (κ3) is 3.15. The molecular weight excluding hydrogens is 331 g/mol. The maximum absolute atomic E-state index is 13.1. The Balaban J connectivity index is 1.58. The molecule has 0 aliphatic heterocycles. The first-order chi connectivity index (χ1) is 11.8. The second-order valence-electron chi connectivity index (χ2n) is 6.95. The first-order valence-corrected chi connectivity index (χ1v) is 8.35. The lowest BCUT2D eigenvalue weighted by atomic mass is 10.0. The van der Waals surface area contributed by atoms with E-state index in [1.165, 1.54) is 19.9 Å². The van der Waals surface area contributed by atoms with Crippen LogP contribution in [-0.4, -0.2) is 15.7 Å². The fourth-order valence-electron chi connectivity index (χ4n) is 3.61. The average Bonchev–Trinajstić information content (AvgIpc) is 3.43. The number of rotatable bonds is 4. The van der Waals surface area contributed by atoms with Crippen LogP contribution in [0.25, 0.3) is 0 Å². The third-order valence-electron chi connectivity index (χ3n) is 5.02. The highest BCUT2D eigenvalue weighted by molar-refractivity contribution is 6.05. The van der Waals surface area contributed by atoms with E-state index in [2.05, 4.69) is 10.4 Å². The van der Waals surface area contributed by atoms with E-state index in [1.54, 1.807) is 12.1 Å². The number of benzene rings is 1. The topological polar surface area (TPSA) is 46.9 Å². The number of amides is 1. The minimum Gasteiger partial charge on any atom is -0.322 e. The van der Waals surface area contributed by atoms with E-state index in [4.69, 9.17) is 0 Å². The highest BCUT2D eigenvalue weighted by Gasteiger charge is 2.48. The standard InChI is InChI=1S/C18H18F3N3O/c1-24-9-14(16(23-24)18(19,20)21)17(25)22-15-5-3-2-4-11(15)13-8-12(13)10-6-7-10/h2-5,9-10,12-13H,6-8H2,1H3,(H,22,25). The van der Waals surface area contributed by atoms with E-state index >= 15 is 0 Å². The number of hydrogen-bond acceptors (Lipinski definition) is 2. The zero-order chi connectivity index (χ0) is 17.8. The van der Waals surface area contributed by atoms with Gasteiger partial charge in [0.25, 0.3) is 5.91 Å². The van der Waals surface area contributed by atoms with Gasteiger partial charge in [0.1, 0.15) is 0 Å². The molecule has 1 heterocycles. The van der Waals surface area contributed by atoms with E-state index in [1.807, 2.05) is 12.1 Å². The van der Waals surface area contributed by atoms with E-state index in [-0.39, 0.29) is 0 Å². The van der Waals surface area contributed by atoms with Crippen molar-refractivity contribution in [3.8, 4) is 0 Å². The predicted molar refractivity (Wildman–Crippen MR) is 86.2 cm³/mol. The van der Waals surface area contributed by atoms with Crippen molar-refractivity contribution in [1.82, 2.24) is 9.78 Å². The number of carbonyl (C=O) groups is 1. The second kappa shape index (κ2) is 5.61. The zero-order valence-electron chi connectivity index (χ0n) is 13.7. The molecule has 4 rings (SSSR count). The molecule has 0 spiro atoms. The number of para-hydroxylation sites is 1. The van der Waals surface area contributed by atoms with Crippen LogP contribution in [-0.2, 0) is 13.2 Å². The summed E-state index contributed by atoms with van der Waals surface area (Å²) in [4.78, 5) is 12.5. The molecule has 2 saturated carbocycles. The van der Waals surface area contributed by atoms with Crippen molar-refractivity contribution in [2.24, 2.45) is 18.9 Å². The second-order valence-corrected chi connectivity index (χ2v) is 6.95. The molecule has 2 fully saturated rings. The summed E-state index contributed by atoms with van der Waals surface area (Å²) in [5.74, 6) is 1.06. The maximum atomic E-state index is 13.1. The first kappa shape index (κ1) is 16.2. The van der Waals surface area contributed by atoms with Gasteiger partial charge in [-0.05, 0) is 48.6 Å². The Labute approximate surface area is 143 Å². The zero-order valence-corrected chi connectivity index (χ0v) is 13.7. The number of anilines is 1. The number of alkyl halides is 3. The highest BCUT2D eigenvalue weighted by Crippen LogP contribution is 2.60. The number of aryl methyl sites for hydroxylation is 1. The van der Waals surface area contributed by atoms with Crippen molar-refractivity contribution in [2.45, 2.75) is 31.4 Å². The number of nitrogens with zero attached hydrogens (tertiary/aromatic N) is 2. The highest BCUT2D eigenvalue weighted by atomic mass is 19.4. The van der Waals surface area contributed by atoms with Gasteiger partial charge in [-0.25, -0.2) is 0 Å². The fraction of sp³-hybridized carbons (Fsp3) is 0.444. The summed E-state index contributed by atoms with van der Waals surface area (Å²) in [5.41, 5.74) is -0.00516. The minimum atomic E-state index is -4.67. The molecule has 132 valence electrons. The molecular formula is C18H18F3N3O. The van der Waals surface area contributed by atoms with Crippen LogP contribution in [0.3, 0.4) is 0 Å². The Kier molecular flexibility index (Phi) is 3.63. The normalized spacial score (nSPS) is 22.7. The van der Waals surface area contributed by atoms with Crippen molar-refractivity contribution < 1.29 is 18.0 Å². The smallest absolute Gasteiger partial charge is 0.322 e. The number of halogens is 3. The molecule has 1 amide bonds. The number of carbonyl (C=O) groups excluding carboxylic acids is 1. The quantitative estimate of drug-likeness (QED) is 0.899. The van der Waals surface area contributed by atoms with Gasteiger partial charge in [-0.1, -0.05) is 18.2 Å². The lowest BCUT2D eigenvalue weighted by Crippen LogP contribution is -2.18. The molecule has 1 aromatic carbocycles. The molecule has 2 atom stereocenters. The summed E-state index contributed by atoms with van der Waals surface area (Å²) in [6.07, 6.45) is 0.0603. The number of nitrogens with one attached hydrogen (secondary N) is 1. The van der Waals surface area contributed by atoms with Crippen LogP contribution in [0.1, 0.15) is 46.8 Å². The van der Waals surface area contributed by atoms with Gasteiger partial charge in [0, 0.05) is 18.9 Å². The van der Waals surface area contributed by atoms with Crippen LogP contribution >= 0.6 is 0 Å². The molecule has 1 N–H and O–H groups in total. The van der Waals surface area contributed by atoms with Gasteiger partial charge in [0.15, 0.2) is 5.69 Å². The van der Waals surface area contributed by atoms with Crippen molar-refractivity contribution >= 4 is 11.6 Å². The van der Waals surface area contributed by atoms with Gasteiger partial charge >= 0.3 is 6.18 Å². The summed E-state index contributed by atoms with van der Waals surface area (Å²) in [7, 11) is 1.37. The van der Waals surface area contributed by atoms with Gasteiger partial charge < -0.3 is 5.32 Å². The number of aromatic nitrogens is 2. The summed E-state index contributed by atoms with van der Waals surface area (Å²) >= 11 is 0. The van der Waals surface area contributed by atoms with Crippen LogP contribution in [0.2, 0.25) is 0 Å². The lowest BCUT2D eigenvalue weighted by Gasteiger charge is -2.11. The Hall–Kier alpha value is -2.31. The Morgan fingerprint density at radius 3 is 2.68 bits per heavy atom. The maximum Gasteiger partial charge on any atom is 0.435 e. The van der Waals surface area contributed by atoms with Crippen molar-refractivity contribution in [3.63, 3.8) is 0 Å². The van der Waals surface area contributed by atoms with Gasteiger partial charge in [0.2, 0.25) is 0 Å². The van der Waals surface area contributed by atoms with E-state index in [0.717, 1.165) is 28.8 Å². The molecule has 2 aliphatic rings. The van der Waals surface area contributed by atoms with Crippen molar-refractivity contribution in [2.75, 3.05) is 5.32 Å². The molecule has 4 nitrogen and oxygen atoms in total. The molecule has 2 aliphatic carbocycles. The monoisotopic (exact) mass is 349 g/mol. The Morgan fingerprint density at radius 1 is 1.28 bits per heavy atom. The summed E-state index contributed by atoms with van der Waals surface area (Å²) in [6.45, 7) is 0. The SMILES string of the molecule is Cn1cc(C(=O)Nc2ccccc2C2CC2C2CC2)c(C(F)(F)F)n1. The van der Waals surface area contributed by atoms with E-state index < -0.39 is 23.3 Å². The Morgan fingerprint density at radius 2 is 2.00 bits per heavy atom. The van der Waals surface area contributed by atoms with E-state index in [0.29, 0.717) is 17.5 Å². The molecule has 2 aromatic rings. The van der Waals surface area contributed by atoms with Gasteiger partial charge in [-0.15, -0.1) is 0 Å². The number of hydrogen-bond donors (Lipinski definition) is 1. The third-order valence-corrected chi connectivity index (χ3v) is 5.02. The van der Waals surface area contributed by atoms with Crippen LogP contribution in [0.15, 0.2) is 30.5 Å². The average molecular weight is 349 g/mol. The minimum absolute atomic E-state index is 0.403. The Bertz CT molecular complexity index is 823. The molecule has 2 unspecified atom stereocenters. The van der Waals surface area contributed by atoms with Crippen LogP contribution in [0, 0.1) is 11.8 Å². The lowest BCUT2D eigenvalue weighted by molar-refractivity contribution is -0.141. The molecule has 7 heteroatoms. The van der Waals surface area contributed by atoms with Crippen LogP contribution in [0.4, 0.5) is 18.9 Å². The fourth-order valence-corrected chi connectivity index (χ4v) is 3.61. The first-order valence-electron chi connectivity index (χ1n) is 8.35. The van der Waals surface area contributed by atoms with Gasteiger partial charge in [-0.2, -0.15) is 18.3 Å². The summed E-state index contributed by atoms with van der Waals surface area (Å²) in [6, 6.07) is 7.38. The van der Waals surface area contributed by atoms with Gasteiger partial charge in [0.05, 0.1) is 5.56 Å². The summed E-state index contributed by atoms with van der Waals surface area (Å²) < 4.78 is 40.2. The van der Waals surface area contributed by atoms with Crippen LogP contribution in [0.5, 0.6) is 0 Å². The predicted octanol–water partition coefficient (Wildman–Crippen LogP) is 4.20. The molecule has 25 heavy (non-hydrogen) atoms. The molecule has 0 bridgehead atoms. The largest absolute Gasteiger partial charge is 0.435 e. The molecule has 0 radical (unpaired) electrons.